The van der Waals surface area contributed by atoms with Gasteiger partial charge in [-0.1, -0.05) is 36.4 Å². The molecule has 0 saturated heterocycles. The summed E-state index contributed by atoms with van der Waals surface area (Å²) in [6.45, 7) is 1.67. The zero-order chi connectivity index (χ0) is 23.8. The van der Waals surface area contributed by atoms with Crippen LogP contribution < -0.4 is 5.32 Å². The number of benzene rings is 3. The molecule has 8 heteroatoms. The highest BCUT2D eigenvalue weighted by molar-refractivity contribution is 7.17. The van der Waals surface area contributed by atoms with Crippen LogP contribution in [-0.2, 0) is 4.79 Å². The first kappa shape index (κ1) is 21.7. The zero-order valence-corrected chi connectivity index (χ0v) is 18.8. The van der Waals surface area contributed by atoms with Crippen molar-refractivity contribution in [3.05, 3.63) is 88.7 Å². The number of carboxylic acid groups (broad SMARTS) is 1. The highest BCUT2D eigenvalue weighted by Gasteiger charge is 2.20. The first-order valence-electron chi connectivity index (χ1n) is 10.5. The van der Waals surface area contributed by atoms with Gasteiger partial charge in [0.2, 0.25) is 5.91 Å². The van der Waals surface area contributed by atoms with Crippen LogP contribution in [0, 0.1) is 12.7 Å². The standard InChI is InChI=1S/C26H18FN3O3S/c1-14-24(26(32)33)34-25(28-14)18-4-2-3-17(11-18)21-13-23(31)30-22-12-16(7-10-20(22)29-21)15-5-8-19(27)9-6-15/h2-12H,13H2,1H3,(H,30,31)(H,32,33). The maximum atomic E-state index is 13.3. The number of hydrogen-bond acceptors (Lipinski definition) is 5. The van der Waals surface area contributed by atoms with Gasteiger partial charge in [0, 0.05) is 5.56 Å². The molecule has 1 amide bonds. The van der Waals surface area contributed by atoms with Gasteiger partial charge in [-0.25, -0.2) is 14.2 Å². The summed E-state index contributed by atoms with van der Waals surface area (Å²) in [4.78, 5) is 33.4. The molecule has 0 saturated carbocycles. The lowest BCUT2D eigenvalue weighted by Gasteiger charge is -2.08. The highest BCUT2D eigenvalue weighted by atomic mass is 32.1. The summed E-state index contributed by atoms with van der Waals surface area (Å²) in [5.41, 5.74) is 5.46. The number of aromatic nitrogens is 1. The molecule has 0 bridgehead atoms. The lowest BCUT2D eigenvalue weighted by molar-refractivity contribution is -0.115. The van der Waals surface area contributed by atoms with E-state index in [-0.39, 0.29) is 23.0 Å². The molecule has 0 unspecified atom stereocenters. The van der Waals surface area contributed by atoms with E-state index in [1.54, 1.807) is 19.1 Å². The quantitative estimate of drug-likeness (QED) is 0.377. The molecule has 0 atom stereocenters. The predicted octanol–water partition coefficient (Wildman–Crippen LogP) is 6.09. The first-order chi connectivity index (χ1) is 16.4. The van der Waals surface area contributed by atoms with Gasteiger partial charge >= 0.3 is 5.97 Å². The van der Waals surface area contributed by atoms with Crippen LogP contribution in [0.15, 0.2) is 71.7 Å². The Hall–Kier alpha value is -4.17. The van der Waals surface area contributed by atoms with Gasteiger partial charge in [-0.2, -0.15) is 0 Å². The Kier molecular flexibility index (Phi) is 5.51. The molecular weight excluding hydrogens is 453 g/mol. The largest absolute Gasteiger partial charge is 0.477 e. The number of carbonyl (C=O) groups excluding carboxylic acids is 1. The van der Waals surface area contributed by atoms with Gasteiger partial charge in [-0.3, -0.25) is 9.79 Å². The van der Waals surface area contributed by atoms with Gasteiger partial charge in [0.15, 0.2) is 0 Å². The van der Waals surface area contributed by atoms with Crippen molar-refractivity contribution in [1.29, 1.82) is 0 Å². The molecule has 4 aromatic rings. The molecule has 2 N–H and O–H groups in total. The Morgan fingerprint density at radius 1 is 1.00 bits per heavy atom. The smallest absolute Gasteiger partial charge is 0.347 e. The summed E-state index contributed by atoms with van der Waals surface area (Å²) in [5.74, 6) is -1.51. The number of aliphatic imine (C=N–C) groups is 1. The molecule has 6 nitrogen and oxygen atoms in total. The van der Waals surface area contributed by atoms with Crippen molar-refractivity contribution in [2.45, 2.75) is 13.3 Å². The van der Waals surface area contributed by atoms with Crippen LogP contribution in [0.3, 0.4) is 0 Å². The van der Waals surface area contributed by atoms with Gasteiger partial charge in [0.25, 0.3) is 0 Å². The minimum atomic E-state index is -1.00. The number of anilines is 1. The van der Waals surface area contributed by atoms with Gasteiger partial charge in [0.05, 0.1) is 29.2 Å². The molecule has 0 aliphatic carbocycles. The third-order valence-corrected chi connectivity index (χ3v) is 6.66. The van der Waals surface area contributed by atoms with Crippen LogP contribution >= 0.6 is 11.3 Å². The second kappa shape index (κ2) is 8.64. The lowest BCUT2D eigenvalue weighted by atomic mass is 10.0. The molecule has 1 aromatic heterocycles. The number of hydrogen-bond donors (Lipinski definition) is 2. The van der Waals surface area contributed by atoms with E-state index in [0.717, 1.165) is 33.6 Å². The molecule has 0 fully saturated rings. The zero-order valence-electron chi connectivity index (χ0n) is 18.0. The number of amides is 1. The van der Waals surface area contributed by atoms with Crippen LogP contribution in [0.5, 0.6) is 0 Å². The number of aromatic carboxylic acids is 1. The number of rotatable bonds is 4. The maximum Gasteiger partial charge on any atom is 0.347 e. The Morgan fingerprint density at radius 2 is 1.74 bits per heavy atom. The number of carbonyl (C=O) groups is 2. The van der Waals surface area contributed by atoms with E-state index in [9.17, 15) is 19.1 Å². The fraction of sp³-hybridized carbons (Fsp3) is 0.0769. The molecule has 5 rings (SSSR count). The van der Waals surface area contributed by atoms with E-state index in [1.165, 1.54) is 12.1 Å². The van der Waals surface area contributed by atoms with Crippen molar-refractivity contribution >= 4 is 40.3 Å². The van der Waals surface area contributed by atoms with Crippen molar-refractivity contribution < 1.29 is 19.1 Å². The van der Waals surface area contributed by atoms with Crippen LogP contribution in [0.2, 0.25) is 0 Å². The third kappa shape index (κ3) is 4.23. The normalized spacial score (nSPS) is 13.0. The molecule has 3 aromatic carbocycles. The summed E-state index contributed by atoms with van der Waals surface area (Å²) in [6.07, 6.45) is 0.0846. The van der Waals surface area contributed by atoms with Crippen molar-refractivity contribution in [1.82, 2.24) is 4.98 Å². The molecule has 1 aliphatic heterocycles. The Bertz CT molecular complexity index is 1480. The van der Waals surface area contributed by atoms with Crippen LogP contribution in [0.1, 0.15) is 27.3 Å². The predicted molar refractivity (Wildman–Crippen MR) is 131 cm³/mol. The number of carboxylic acids is 1. The van der Waals surface area contributed by atoms with Gasteiger partial charge in [-0.15, -0.1) is 11.3 Å². The number of thiazole rings is 1. The number of fused-ring (bicyclic) bond motifs is 1. The third-order valence-electron chi connectivity index (χ3n) is 5.47. The summed E-state index contributed by atoms with van der Waals surface area (Å²) in [6, 6.07) is 19.1. The second-order valence-corrected chi connectivity index (χ2v) is 8.84. The summed E-state index contributed by atoms with van der Waals surface area (Å²) in [5, 5.41) is 12.8. The Balaban J connectivity index is 1.52. The SMILES string of the molecule is Cc1nc(-c2cccc(C3=Nc4ccc(-c5ccc(F)cc5)cc4NC(=O)C3)c2)sc1C(=O)O. The highest BCUT2D eigenvalue weighted by Crippen LogP contribution is 2.34. The Morgan fingerprint density at radius 3 is 2.47 bits per heavy atom. The van der Waals surface area contributed by atoms with E-state index in [2.05, 4.69) is 10.3 Å². The number of nitrogens with zero attached hydrogens (tertiary/aromatic N) is 2. The minimum absolute atomic E-state index is 0.0846. The van der Waals surface area contributed by atoms with Crippen LogP contribution in [-0.4, -0.2) is 27.7 Å². The second-order valence-electron chi connectivity index (χ2n) is 7.84. The van der Waals surface area contributed by atoms with Gasteiger partial charge in [-0.05, 0) is 53.9 Å². The van der Waals surface area contributed by atoms with E-state index >= 15 is 0 Å². The van der Waals surface area contributed by atoms with Crippen molar-refractivity contribution in [2.24, 2.45) is 4.99 Å². The average Bonchev–Trinajstić information content (AvgIpc) is 3.13. The number of halogens is 1. The van der Waals surface area contributed by atoms with E-state index in [4.69, 9.17) is 4.99 Å². The molecular formula is C26H18FN3O3S. The van der Waals surface area contributed by atoms with E-state index < -0.39 is 5.97 Å². The van der Waals surface area contributed by atoms with Crippen LogP contribution in [0.4, 0.5) is 15.8 Å². The molecule has 1 aliphatic rings. The molecule has 34 heavy (non-hydrogen) atoms. The first-order valence-corrected chi connectivity index (χ1v) is 11.3. The molecule has 0 spiro atoms. The molecule has 2 heterocycles. The van der Waals surface area contributed by atoms with Crippen LogP contribution in [0.25, 0.3) is 21.7 Å². The van der Waals surface area contributed by atoms with Crippen molar-refractivity contribution in [3.8, 4) is 21.7 Å². The minimum Gasteiger partial charge on any atom is -0.477 e. The molecule has 0 radical (unpaired) electrons. The number of aryl methyl sites for hydroxylation is 1. The van der Waals surface area contributed by atoms with Gasteiger partial charge in [0.1, 0.15) is 15.7 Å². The van der Waals surface area contributed by atoms with E-state index in [0.29, 0.717) is 27.8 Å². The number of nitrogens with one attached hydrogen (secondary N) is 1. The summed E-state index contributed by atoms with van der Waals surface area (Å²) < 4.78 is 13.3. The maximum absolute atomic E-state index is 13.3. The monoisotopic (exact) mass is 471 g/mol. The van der Waals surface area contributed by atoms with Crippen molar-refractivity contribution in [3.63, 3.8) is 0 Å². The van der Waals surface area contributed by atoms with Crippen molar-refractivity contribution in [2.75, 3.05) is 5.32 Å². The molecule has 168 valence electrons. The summed E-state index contributed by atoms with van der Waals surface area (Å²) >= 11 is 1.12. The van der Waals surface area contributed by atoms with E-state index in [1.807, 2.05) is 42.5 Å². The Labute approximate surface area is 198 Å². The summed E-state index contributed by atoms with van der Waals surface area (Å²) in [7, 11) is 0. The average molecular weight is 472 g/mol. The lowest BCUT2D eigenvalue weighted by Crippen LogP contribution is -2.15. The topological polar surface area (TPSA) is 91.7 Å². The fourth-order valence-electron chi connectivity index (χ4n) is 3.80. The van der Waals surface area contributed by atoms with Gasteiger partial charge < -0.3 is 10.4 Å². The fourth-order valence-corrected chi connectivity index (χ4v) is 4.71.